The number of primary sulfonamides is 1. The Morgan fingerprint density at radius 2 is 2.17 bits per heavy atom. The van der Waals surface area contributed by atoms with Crippen LogP contribution in [0.1, 0.15) is 0 Å². The maximum Gasteiger partial charge on any atom is 0.255 e. The number of nitrogens with zero attached hydrogens (tertiary/aromatic N) is 1. The maximum atomic E-state index is 10.8. The number of aromatic nitrogens is 1. The Bertz CT molecular complexity index is 374. The number of methoxy groups -OCH3 is 1. The van der Waals surface area contributed by atoms with Gasteiger partial charge in [-0.1, -0.05) is 6.07 Å². The van der Waals surface area contributed by atoms with Gasteiger partial charge in [-0.15, -0.1) is 0 Å². The Morgan fingerprint density at radius 1 is 1.50 bits per heavy atom. The first-order chi connectivity index (χ1) is 5.54. The minimum atomic E-state index is -3.73. The molecule has 5 nitrogen and oxygen atoms in total. The van der Waals surface area contributed by atoms with Gasteiger partial charge in [0.1, 0.15) is 0 Å². The highest BCUT2D eigenvalue weighted by atomic mass is 32.2. The van der Waals surface area contributed by atoms with Crippen molar-refractivity contribution in [2.24, 2.45) is 5.14 Å². The number of pyridine rings is 1. The van der Waals surface area contributed by atoms with E-state index in [1.54, 1.807) is 0 Å². The minimum Gasteiger partial charge on any atom is -0.481 e. The lowest BCUT2D eigenvalue weighted by molar-refractivity contribution is 0.393. The first-order valence-electron chi connectivity index (χ1n) is 3.08. The van der Waals surface area contributed by atoms with Crippen LogP contribution in [0.4, 0.5) is 0 Å². The molecule has 0 spiro atoms. The van der Waals surface area contributed by atoms with E-state index in [1.165, 1.54) is 25.3 Å². The zero-order valence-corrected chi connectivity index (χ0v) is 7.21. The molecule has 1 aromatic heterocycles. The molecule has 0 unspecified atom stereocenters. The normalized spacial score (nSPS) is 11.2. The van der Waals surface area contributed by atoms with Crippen molar-refractivity contribution in [2.75, 3.05) is 7.11 Å². The second-order valence-corrected chi connectivity index (χ2v) is 3.57. The number of nitrogens with two attached hydrogens (primary N) is 1. The molecular formula is C6H8N2O3S. The summed E-state index contributed by atoms with van der Waals surface area (Å²) < 4.78 is 26.2. The number of rotatable bonds is 2. The first-order valence-corrected chi connectivity index (χ1v) is 4.62. The zero-order valence-electron chi connectivity index (χ0n) is 6.39. The van der Waals surface area contributed by atoms with Crippen LogP contribution in [0.25, 0.3) is 0 Å². The summed E-state index contributed by atoms with van der Waals surface area (Å²) in [6.07, 6.45) is 0. The Hall–Kier alpha value is -1.14. The Labute approximate surface area is 70.2 Å². The van der Waals surface area contributed by atoms with Crippen molar-refractivity contribution in [1.82, 2.24) is 4.98 Å². The maximum absolute atomic E-state index is 10.8. The van der Waals surface area contributed by atoms with E-state index < -0.39 is 10.0 Å². The van der Waals surface area contributed by atoms with Gasteiger partial charge in [-0.3, -0.25) is 0 Å². The van der Waals surface area contributed by atoms with Gasteiger partial charge in [0.05, 0.1) is 7.11 Å². The standard InChI is InChI=1S/C6H8N2O3S/c1-11-5-3-2-4-6(8-5)12(7,9)10/h2-4H,1H3,(H2,7,9,10). The molecule has 0 aliphatic rings. The van der Waals surface area contributed by atoms with Crippen molar-refractivity contribution < 1.29 is 13.2 Å². The van der Waals surface area contributed by atoms with Crippen molar-refractivity contribution in [2.45, 2.75) is 5.03 Å². The fourth-order valence-corrected chi connectivity index (χ4v) is 1.15. The average Bonchev–Trinajstić information content (AvgIpc) is 2.03. The van der Waals surface area contributed by atoms with Crippen LogP contribution in [0.2, 0.25) is 0 Å². The van der Waals surface area contributed by atoms with E-state index >= 15 is 0 Å². The quantitative estimate of drug-likeness (QED) is 0.693. The van der Waals surface area contributed by atoms with E-state index in [2.05, 4.69) is 4.98 Å². The van der Waals surface area contributed by atoms with E-state index in [4.69, 9.17) is 9.88 Å². The van der Waals surface area contributed by atoms with Crippen LogP contribution in [-0.4, -0.2) is 20.5 Å². The largest absolute Gasteiger partial charge is 0.481 e. The van der Waals surface area contributed by atoms with E-state index in [1.807, 2.05) is 0 Å². The molecule has 0 atom stereocenters. The van der Waals surface area contributed by atoms with Crippen molar-refractivity contribution in [1.29, 1.82) is 0 Å². The van der Waals surface area contributed by atoms with Crippen LogP contribution in [0.3, 0.4) is 0 Å². The summed E-state index contributed by atoms with van der Waals surface area (Å²) in [7, 11) is -2.33. The molecule has 0 aliphatic heterocycles. The van der Waals surface area contributed by atoms with Crippen LogP contribution in [0.15, 0.2) is 23.2 Å². The molecule has 1 rings (SSSR count). The molecule has 0 fully saturated rings. The van der Waals surface area contributed by atoms with E-state index in [0.29, 0.717) is 0 Å². The summed E-state index contributed by atoms with van der Waals surface area (Å²) >= 11 is 0. The molecular weight excluding hydrogens is 180 g/mol. The summed E-state index contributed by atoms with van der Waals surface area (Å²) in [5, 5.41) is 4.64. The van der Waals surface area contributed by atoms with Crippen LogP contribution in [-0.2, 0) is 10.0 Å². The third kappa shape index (κ3) is 1.93. The van der Waals surface area contributed by atoms with Crippen molar-refractivity contribution in [3.63, 3.8) is 0 Å². The molecule has 0 radical (unpaired) electrons. The fourth-order valence-electron chi connectivity index (χ4n) is 0.668. The molecule has 0 aromatic carbocycles. The first kappa shape index (κ1) is 8.95. The molecule has 0 amide bonds. The number of hydrogen-bond acceptors (Lipinski definition) is 4. The molecule has 0 aliphatic carbocycles. The van der Waals surface area contributed by atoms with E-state index in [9.17, 15) is 8.42 Å². The predicted molar refractivity (Wildman–Crippen MR) is 42.2 cm³/mol. The topological polar surface area (TPSA) is 82.3 Å². The van der Waals surface area contributed by atoms with E-state index in [0.717, 1.165) is 0 Å². The summed E-state index contributed by atoms with van der Waals surface area (Å²) in [5.74, 6) is 0.224. The highest BCUT2D eigenvalue weighted by Gasteiger charge is 2.09. The number of hydrogen-bond donors (Lipinski definition) is 1. The second kappa shape index (κ2) is 3.08. The predicted octanol–water partition coefficient (Wildman–Crippen LogP) is -0.262. The summed E-state index contributed by atoms with van der Waals surface area (Å²) in [6, 6.07) is 4.35. The van der Waals surface area contributed by atoms with Gasteiger partial charge >= 0.3 is 0 Å². The van der Waals surface area contributed by atoms with Crippen LogP contribution < -0.4 is 9.88 Å². The van der Waals surface area contributed by atoms with Gasteiger partial charge in [-0.05, 0) is 6.07 Å². The third-order valence-corrected chi connectivity index (χ3v) is 2.01. The summed E-state index contributed by atoms with van der Waals surface area (Å²) in [5.41, 5.74) is 0. The van der Waals surface area contributed by atoms with E-state index in [-0.39, 0.29) is 10.9 Å². The molecule has 2 N–H and O–H groups in total. The van der Waals surface area contributed by atoms with Gasteiger partial charge < -0.3 is 4.74 Å². The van der Waals surface area contributed by atoms with Crippen molar-refractivity contribution >= 4 is 10.0 Å². The van der Waals surface area contributed by atoms with Gasteiger partial charge in [0, 0.05) is 6.07 Å². The Morgan fingerprint density at radius 3 is 2.67 bits per heavy atom. The lowest BCUT2D eigenvalue weighted by atomic mass is 10.5. The molecule has 0 saturated carbocycles. The monoisotopic (exact) mass is 188 g/mol. The summed E-state index contributed by atoms with van der Waals surface area (Å²) in [4.78, 5) is 3.63. The van der Waals surface area contributed by atoms with Crippen LogP contribution in [0, 0.1) is 0 Å². The van der Waals surface area contributed by atoms with Gasteiger partial charge in [0.15, 0.2) is 5.03 Å². The molecule has 66 valence electrons. The zero-order chi connectivity index (χ0) is 9.19. The second-order valence-electron chi connectivity index (χ2n) is 2.06. The Kier molecular flexibility index (Phi) is 2.30. The highest BCUT2D eigenvalue weighted by molar-refractivity contribution is 7.89. The lowest BCUT2D eigenvalue weighted by Crippen LogP contribution is -2.13. The van der Waals surface area contributed by atoms with Crippen molar-refractivity contribution in [3.05, 3.63) is 18.2 Å². The molecule has 12 heavy (non-hydrogen) atoms. The molecule has 6 heteroatoms. The number of sulfonamides is 1. The van der Waals surface area contributed by atoms with Gasteiger partial charge in [0.25, 0.3) is 10.0 Å². The minimum absolute atomic E-state index is 0.193. The number of ether oxygens (including phenoxy) is 1. The molecule has 0 saturated heterocycles. The fraction of sp³-hybridized carbons (Fsp3) is 0.167. The smallest absolute Gasteiger partial charge is 0.255 e. The van der Waals surface area contributed by atoms with Gasteiger partial charge in [-0.2, -0.15) is 0 Å². The SMILES string of the molecule is COc1cccc(S(N)(=O)=O)n1. The lowest BCUT2D eigenvalue weighted by Gasteiger charge is -1.99. The molecule has 0 bridgehead atoms. The summed E-state index contributed by atoms with van der Waals surface area (Å²) in [6.45, 7) is 0. The molecule has 1 heterocycles. The van der Waals surface area contributed by atoms with Gasteiger partial charge in [-0.25, -0.2) is 18.5 Å². The van der Waals surface area contributed by atoms with Crippen LogP contribution in [0.5, 0.6) is 5.88 Å². The van der Waals surface area contributed by atoms with Crippen LogP contribution >= 0.6 is 0 Å². The van der Waals surface area contributed by atoms with Crippen molar-refractivity contribution in [3.8, 4) is 5.88 Å². The Balaban J connectivity index is 3.20. The van der Waals surface area contributed by atoms with Gasteiger partial charge in [0.2, 0.25) is 5.88 Å². The average molecular weight is 188 g/mol. The third-order valence-electron chi connectivity index (χ3n) is 1.20. The molecule has 1 aromatic rings. The highest BCUT2D eigenvalue weighted by Crippen LogP contribution is 2.09.